The van der Waals surface area contributed by atoms with E-state index in [1.807, 2.05) is 25.4 Å². The normalized spacial score (nSPS) is 11.1. The molecule has 0 spiro atoms. The number of hydrogen-bond donors (Lipinski definition) is 1. The molecule has 1 aromatic carbocycles. The van der Waals surface area contributed by atoms with Gasteiger partial charge in [-0.3, -0.25) is 4.40 Å². The maximum absolute atomic E-state index is 13.1. The highest BCUT2D eigenvalue weighted by atomic mass is 32.1. The second-order valence-electron chi connectivity index (χ2n) is 4.51. The summed E-state index contributed by atoms with van der Waals surface area (Å²) in [6, 6.07) is 4.77. The molecule has 0 aliphatic rings. The Bertz CT molecular complexity index is 729. The molecule has 0 radical (unpaired) electrons. The zero-order chi connectivity index (χ0) is 13.4. The summed E-state index contributed by atoms with van der Waals surface area (Å²) in [6.45, 7) is 4.58. The van der Waals surface area contributed by atoms with E-state index in [-0.39, 0.29) is 5.82 Å². The summed E-state index contributed by atoms with van der Waals surface area (Å²) in [5.41, 5.74) is 4.02. The Balaban J connectivity index is 1.85. The van der Waals surface area contributed by atoms with E-state index in [1.54, 1.807) is 17.4 Å². The minimum Gasteiger partial charge on any atom is -0.379 e. The highest BCUT2D eigenvalue weighted by molar-refractivity contribution is 7.15. The highest BCUT2D eigenvalue weighted by Gasteiger charge is 2.09. The van der Waals surface area contributed by atoms with Gasteiger partial charge < -0.3 is 5.32 Å². The first-order valence-corrected chi connectivity index (χ1v) is 6.94. The van der Waals surface area contributed by atoms with Crippen LogP contribution in [0.1, 0.15) is 17.0 Å². The average Bonchev–Trinajstić information content (AvgIpc) is 2.90. The maximum Gasteiger partial charge on any atom is 0.194 e. The fourth-order valence-corrected chi connectivity index (χ4v) is 2.94. The number of aromatic nitrogens is 2. The number of anilines is 1. The van der Waals surface area contributed by atoms with Crippen LogP contribution in [0.4, 0.5) is 10.1 Å². The molecular weight excluding hydrogens is 261 g/mol. The molecule has 1 N–H and O–H groups in total. The van der Waals surface area contributed by atoms with Gasteiger partial charge in [0, 0.05) is 17.3 Å². The molecule has 98 valence electrons. The van der Waals surface area contributed by atoms with E-state index in [0.29, 0.717) is 6.54 Å². The summed E-state index contributed by atoms with van der Waals surface area (Å²) in [4.78, 5) is 5.51. The number of rotatable bonds is 3. The quantitative estimate of drug-likeness (QED) is 0.788. The molecule has 0 atom stereocenters. The van der Waals surface area contributed by atoms with Gasteiger partial charge in [-0.15, -0.1) is 11.3 Å². The van der Waals surface area contributed by atoms with Crippen molar-refractivity contribution in [2.45, 2.75) is 20.4 Å². The first kappa shape index (κ1) is 12.2. The zero-order valence-corrected chi connectivity index (χ0v) is 11.6. The Morgan fingerprint density at radius 3 is 3.00 bits per heavy atom. The number of imidazole rings is 1. The topological polar surface area (TPSA) is 29.3 Å². The highest BCUT2D eigenvalue weighted by Crippen LogP contribution is 2.20. The van der Waals surface area contributed by atoms with Crippen LogP contribution in [0.3, 0.4) is 0 Å². The number of benzene rings is 1. The third-order valence-electron chi connectivity index (χ3n) is 3.20. The molecule has 0 saturated carbocycles. The summed E-state index contributed by atoms with van der Waals surface area (Å²) < 4.78 is 15.1. The van der Waals surface area contributed by atoms with Crippen molar-refractivity contribution in [3.8, 4) is 0 Å². The van der Waals surface area contributed by atoms with Gasteiger partial charge in [0.1, 0.15) is 5.82 Å². The van der Waals surface area contributed by atoms with Gasteiger partial charge in [-0.2, -0.15) is 0 Å². The van der Waals surface area contributed by atoms with Gasteiger partial charge in [-0.05, 0) is 37.6 Å². The van der Waals surface area contributed by atoms with Crippen LogP contribution < -0.4 is 5.32 Å². The van der Waals surface area contributed by atoms with Gasteiger partial charge in [0.15, 0.2) is 4.96 Å². The molecule has 3 aromatic rings. The second kappa shape index (κ2) is 4.66. The molecule has 0 amide bonds. The number of halogens is 1. The Hall–Kier alpha value is -1.88. The summed E-state index contributed by atoms with van der Waals surface area (Å²) in [7, 11) is 0. The fraction of sp³-hybridized carbons (Fsp3) is 0.214. The molecule has 0 bridgehead atoms. The van der Waals surface area contributed by atoms with Crippen LogP contribution in [-0.2, 0) is 6.54 Å². The molecule has 5 heteroatoms. The van der Waals surface area contributed by atoms with Crippen molar-refractivity contribution < 1.29 is 4.39 Å². The minimum atomic E-state index is -0.205. The van der Waals surface area contributed by atoms with Crippen molar-refractivity contribution in [3.63, 3.8) is 0 Å². The Morgan fingerprint density at radius 1 is 1.37 bits per heavy atom. The largest absolute Gasteiger partial charge is 0.379 e. The van der Waals surface area contributed by atoms with E-state index in [0.717, 1.165) is 27.6 Å². The monoisotopic (exact) mass is 275 g/mol. The first-order valence-electron chi connectivity index (χ1n) is 6.06. The maximum atomic E-state index is 13.1. The lowest BCUT2D eigenvalue weighted by Crippen LogP contribution is -2.04. The molecule has 2 aromatic heterocycles. The standard InChI is InChI=1S/C14H14FN3S/c1-9-7-11(15)3-4-12(9)16-8-13-10(2)17-14-18(13)5-6-19-14/h3-7,16H,8H2,1-2H3. The molecule has 2 heterocycles. The summed E-state index contributed by atoms with van der Waals surface area (Å²) in [5, 5.41) is 5.36. The van der Waals surface area contributed by atoms with Crippen molar-refractivity contribution >= 4 is 22.0 Å². The van der Waals surface area contributed by atoms with Gasteiger partial charge in [0.25, 0.3) is 0 Å². The van der Waals surface area contributed by atoms with Crippen molar-refractivity contribution in [1.82, 2.24) is 9.38 Å². The minimum absolute atomic E-state index is 0.205. The SMILES string of the molecule is Cc1cc(F)ccc1NCc1c(C)nc2sccn12. The van der Waals surface area contributed by atoms with Crippen molar-refractivity contribution in [2.24, 2.45) is 0 Å². The van der Waals surface area contributed by atoms with Crippen LogP contribution in [0.2, 0.25) is 0 Å². The summed E-state index contributed by atoms with van der Waals surface area (Å²) in [5.74, 6) is -0.205. The van der Waals surface area contributed by atoms with E-state index >= 15 is 0 Å². The smallest absolute Gasteiger partial charge is 0.194 e. The molecular formula is C14H14FN3S. The molecule has 3 rings (SSSR count). The van der Waals surface area contributed by atoms with Gasteiger partial charge in [-0.1, -0.05) is 0 Å². The van der Waals surface area contributed by atoms with Gasteiger partial charge in [0.05, 0.1) is 17.9 Å². The van der Waals surface area contributed by atoms with Crippen LogP contribution in [0.5, 0.6) is 0 Å². The predicted molar refractivity (Wildman–Crippen MR) is 76.3 cm³/mol. The Morgan fingerprint density at radius 2 is 2.21 bits per heavy atom. The fourth-order valence-electron chi connectivity index (χ4n) is 2.16. The van der Waals surface area contributed by atoms with Crippen LogP contribution in [0, 0.1) is 19.7 Å². The number of nitrogens with one attached hydrogen (secondary N) is 1. The van der Waals surface area contributed by atoms with E-state index in [9.17, 15) is 4.39 Å². The van der Waals surface area contributed by atoms with E-state index in [1.165, 1.54) is 12.1 Å². The number of fused-ring (bicyclic) bond motifs is 1. The van der Waals surface area contributed by atoms with Crippen molar-refractivity contribution in [3.05, 3.63) is 52.5 Å². The number of hydrogen-bond acceptors (Lipinski definition) is 3. The van der Waals surface area contributed by atoms with Gasteiger partial charge in [-0.25, -0.2) is 9.37 Å². The van der Waals surface area contributed by atoms with Crippen molar-refractivity contribution in [2.75, 3.05) is 5.32 Å². The first-order chi connectivity index (χ1) is 9.15. The third-order valence-corrected chi connectivity index (χ3v) is 3.95. The van der Waals surface area contributed by atoms with Crippen LogP contribution in [0.25, 0.3) is 4.96 Å². The van der Waals surface area contributed by atoms with Crippen LogP contribution in [-0.4, -0.2) is 9.38 Å². The zero-order valence-electron chi connectivity index (χ0n) is 10.8. The van der Waals surface area contributed by atoms with Crippen LogP contribution in [0.15, 0.2) is 29.8 Å². The number of nitrogens with zero attached hydrogens (tertiary/aromatic N) is 2. The average molecular weight is 275 g/mol. The lowest BCUT2D eigenvalue weighted by molar-refractivity contribution is 0.627. The molecule has 0 aliphatic heterocycles. The third kappa shape index (κ3) is 2.21. The molecule has 19 heavy (non-hydrogen) atoms. The van der Waals surface area contributed by atoms with Crippen LogP contribution >= 0.6 is 11.3 Å². The lowest BCUT2D eigenvalue weighted by atomic mass is 10.2. The van der Waals surface area contributed by atoms with E-state index < -0.39 is 0 Å². The number of thiazole rings is 1. The van der Waals surface area contributed by atoms with Gasteiger partial charge in [0.2, 0.25) is 0 Å². The summed E-state index contributed by atoms with van der Waals surface area (Å²) >= 11 is 1.62. The second-order valence-corrected chi connectivity index (χ2v) is 5.39. The Kier molecular flexibility index (Phi) is 2.98. The van der Waals surface area contributed by atoms with E-state index in [2.05, 4.69) is 14.7 Å². The number of aryl methyl sites for hydroxylation is 2. The van der Waals surface area contributed by atoms with E-state index in [4.69, 9.17) is 0 Å². The molecule has 0 fully saturated rings. The lowest BCUT2D eigenvalue weighted by Gasteiger charge is -2.09. The van der Waals surface area contributed by atoms with Crippen molar-refractivity contribution in [1.29, 1.82) is 0 Å². The molecule has 0 aliphatic carbocycles. The molecule has 3 nitrogen and oxygen atoms in total. The molecule has 0 unspecified atom stereocenters. The molecule has 0 saturated heterocycles. The predicted octanol–water partition coefficient (Wildman–Crippen LogP) is 3.76. The van der Waals surface area contributed by atoms with Gasteiger partial charge >= 0.3 is 0 Å². The summed E-state index contributed by atoms with van der Waals surface area (Å²) in [6.07, 6.45) is 2.02. The Labute approximate surface area is 114 Å².